The highest BCUT2D eigenvalue weighted by Gasteiger charge is 2.01. The van der Waals surface area contributed by atoms with Crippen LogP contribution < -0.4 is 4.74 Å². The first-order valence-corrected chi connectivity index (χ1v) is 5.41. The van der Waals surface area contributed by atoms with Gasteiger partial charge in [0.2, 0.25) is 0 Å². The van der Waals surface area contributed by atoms with Crippen LogP contribution in [0.5, 0.6) is 5.75 Å². The minimum absolute atomic E-state index is 0.258. The van der Waals surface area contributed by atoms with E-state index in [-0.39, 0.29) is 5.78 Å². The van der Waals surface area contributed by atoms with E-state index in [9.17, 15) is 4.79 Å². The summed E-state index contributed by atoms with van der Waals surface area (Å²) in [6.45, 7) is 5.88. The number of ketones is 1. The van der Waals surface area contributed by atoms with Gasteiger partial charge in [-0.15, -0.1) is 0 Å². The normalized spacial score (nSPS) is 8.80. The summed E-state index contributed by atoms with van der Waals surface area (Å²) >= 11 is 0. The molecule has 84 valence electrons. The largest absolute Gasteiger partial charge is 0.497 e. The van der Waals surface area contributed by atoms with Crippen LogP contribution in [-0.4, -0.2) is 12.9 Å². The lowest BCUT2D eigenvalue weighted by atomic mass is 10.1. The smallest absolute Gasteiger partial charge is 0.136 e. The Kier molecular flexibility index (Phi) is 7.33. The lowest BCUT2D eigenvalue weighted by Crippen LogP contribution is -2.00. The zero-order valence-corrected chi connectivity index (χ0v) is 10.0. The van der Waals surface area contributed by atoms with Crippen LogP contribution in [0.3, 0.4) is 0 Å². The highest BCUT2D eigenvalue weighted by molar-refractivity contribution is 5.80. The molecule has 0 fully saturated rings. The molecule has 0 radical (unpaired) electrons. The van der Waals surface area contributed by atoms with E-state index < -0.39 is 0 Å². The molecule has 0 bridgehead atoms. The number of methoxy groups -OCH3 is 1. The van der Waals surface area contributed by atoms with Crippen molar-refractivity contribution in [2.75, 3.05) is 7.11 Å². The lowest BCUT2D eigenvalue weighted by Gasteiger charge is -2.02. The van der Waals surface area contributed by atoms with Crippen LogP contribution >= 0.6 is 0 Å². The van der Waals surface area contributed by atoms with Gasteiger partial charge in [0.15, 0.2) is 0 Å². The summed E-state index contributed by atoms with van der Waals surface area (Å²) in [4.78, 5) is 11.1. The van der Waals surface area contributed by atoms with Crippen LogP contribution in [0.25, 0.3) is 0 Å². The highest BCUT2D eigenvalue weighted by atomic mass is 16.5. The third kappa shape index (κ3) is 5.21. The van der Waals surface area contributed by atoms with Crippen molar-refractivity contribution >= 4 is 5.78 Å². The minimum atomic E-state index is 0.258. The highest BCUT2D eigenvalue weighted by Crippen LogP contribution is 2.13. The molecule has 0 aromatic heterocycles. The Hall–Kier alpha value is -1.31. The molecule has 0 saturated carbocycles. The van der Waals surface area contributed by atoms with E-state index in [0.29, 0.717) is 12.8 Å². The van der Waals surface area contributed by atoms with Crippen LogP contribution in [0.1, 0.15) is 32.8 Å². The molecule has 0 aliphatic rings. The summed E-state index contributed by atoms with van der Waals surface area (Å²) in [5.74, 6) is 1.06. The third-order valence-corrected chi connectivity index (χ3v) is 1.93. The fraction of sp³-hybridized carbons (Fsp3) is 0.462. The summed E-state index contributed by atoms with van der Waals surface area (Å²) in [6, 6.07) is 7.61. The molecule has 0 N–H and O–H groups in total. The first-order chi connectivity index (χ1) is 7.26. The molecule has 0 atom stereocenters. The van der Waals surface area contributed by atoms with Crippen LogP contribution in [0.15, 0.2) is 24.3 Å². The van der Waals surface area contributed by atoms with Crippen LogP contribution in [0.4, 0.5) is 0 Å². The van der Waals surface area contributed by atoms with Crippen molar-refractivity contribution in [1.29, 1.82) is 0 Å². The fourth-order valence-electron chi connectivity index (χ4n) is 1.14. The van der Waals surface area contributed by atoms with Crippen molar-refractivity contribution < 1.29 is 9.53 Å². The number of carbonyl (C=O) groups excluding carboxylic acids is 1. The van der Waals surface area contributed by atoms with Gasteiger partial charge in [-0.25, -0.2) is 0 Å². The van der Waals surface area contributed by atoms with Crippen molar-refractivity contribution in [1.82, 2.24) is 0 Å². The van der Waals surface area contributed by atoms with Crippen LogP contribution in [0.2, 0.25) is 0 Å². The molecule has 15 heavy (non-hydrogen) atoms. The number of carbonyl (C=O) groups is 1. The quantitative estimate of drug-likeness (QED) is 0.759. The molecule has 0 aliphatic carbocycles. The van der Waals surface area contributed by atoms with Crippen LogP contribution in [-0.2, 0) is 11.2 Å². The second-order valence-electron chi connectivity index (χ2n) is 2.92. The monoisotopic (exact) mass is 208 g/mol. The van der Waals surface area contributed by atoms with Gasteiger partial charge in [-0.3, -0.25) is 4.79 Å². The molecule has 2 nitrogen and oxygen atoms in total. The Morgan fingerprint density at radius 1 is 1.33 bits per heavy atom. The maximum absolute atomic E-state index is 11.1. The van der Waals surface area contributed by atoms with E-state index in [1.54, 1.807) is 7.11 Å². The summed E-state index contributed by atoms with van der Waals surface area (Å²) < 4.78 is 5.06. The minimum Gasteiger partial charge on any atom is -0.497 e. The molecule has 1 aromatic rings. The van der Waals surface area contributed by atoms with Gasteiger partial charge >= 0.3 is 0 Å². The van der Waals surface area contributed by atoms with E-state index in [4.69, 9.17) is 4.74 Å². The van der Waals surface area contributed by atoms with Gasteiger partial charge in [0.1, 0.15) is 11.5 Å². The predicted octanol–water partition coefficient (Wildman–Crippen LogP) is 3.24. The van der Waals surface area contributed by atoms with Gasteiger partial charge in [-0.2, -0.15) is 0 Å². The number of hydrogen-bond donors (Lipinski definition) is 0. The summed E-state index contributed by atoms with van der Waals surface area (Å²) in [7, 11) is 1.63. The lowest BCUT2D eigenvalue weighted by molar-refractivity contribution is -0.118. The second-order valence-corrected chi connectivity index (χ2v) is 2.92. The third-order valence-electron chi connectivity index (χ3n) is 1.93. The van der Waals surface area contributed by atoms with Crippen molar-refractivity contribution in [3.05, 3.63) is 29.8 Å². The summed E-state index contributed by atoms with van der Waals surface area (Å²) in [5.41, 5.74) is 1.02. The summed E-state index contributed by atoms with van der Waals surface area (Å²) in [6.07, 6.45) is 1.10. The fourth-order valence-corrected chi connectivity index (χ4v) is 1.14. The molecule has 0 saturated heterocycles. The van der Waals surface area contributed by atoms with E-state index >= 15 is 0 Å². The Morgan fingerprint density at radius 3 is 2.53 bits per heavy atom. The average Bonchev–Trinajstić information content (AvgIpc) is 2.31. The summed E-state index contributed by atoms with van der Waals surface area (Å²) in [5, 5.41) is 0. The topological polar surface area (TPSA) is 26.3 Å². The molecule has 0 spiro atoms. The van der Waals surface area contributed by atoms with Crippen molar-refractivity contribution in [2.45, 2.75) is 33.6 Å². The maximum Gasteiger partial charge on any atom is 0.136 e. The number of hydrogen-bond acceptors (Lipinski definition) is 2. The molecule has 0 amide bonds. The first-order valence-electron chi connectivity index (χ1n) is 5.41. The number of ether oxygens (including phenoxy) is 1. The second kappa shape index (κ2) is 8.04. The standard InChI is InChI=1S/C11H14O2.C2H6/c1-3-10(12)7-9-5-4-6-11(8-9)13-2;1-2/h4-6,8H,3,7H2,1-2H3;1-2H3. The van der Waals surface area contributed by atoms with Gasteiger partial charge in [0.25, 0.3) is 0 Å². The van der Waals surface area contributed by atoms with E-state index in [1.165, 1.54) is 0 Å². The average molecular weight is 208 g/mol. The molecular weight excluding hydrogens is 188 g/mol. The van der Waals surface area contributed by atoms with Crippen molar-refractivity contribution in [2.24, 2.45) is 0 Å². The molecule has 0 heterocycles. The van der Waals surface area contributed by atoms with E-state index in [2.05, 4.69) is 0 Å². The number of Topliss-reactive ketones (excluding diaryl/α,β-unsaturated/α-hetero) is 1. The molecule has 2 heteroatoms. The Labute approximate surface area is 92.3 Å². The van der Waals surface area contributed by atoms with Gasteiger partial charge in [0, 0.05) is 12.8 Å². The van der Waals surface area contributed by atoms with Crippen LogP contribution in [0, 0.1) is 0 Å². The van der Waals surface area contributed by atoms with Gasteiger partial charge < -0.3 is 4.74 Å². The van der Waals surface area contributed by atoms with Crippen molar-refractivity contribution in [3.63, 3.8) is 0 Å². The SMILES string of the molecule is CC.CCC(=O)Cc1cccc(OC)c1. The number of rotatable bonds is 4. The zero-order chi connectivity index (χ0) is 11.7. The van der Waals surface area contributed by atoms with Gasteiger partial charge in [0.05, 0.1) is 7.11 Å². The molecule has 1 rings (SSSR count). The van der Waals surface area contributed by atoms with Gasteiger partial charge in [-0.05, 0) is 17.7 Å². The maximum atomic E-state index is 11.1. The zero-order valence-electron chi connectivity index (χ0n) is 10.0. The molecule has 0 aliphatic heterocycles. The van der Waals surface area contributed by atoms with E-state index in [1.807, 2.05) is 45.0 Å². The Balaban J connectivity index is 0.000000921. The van der Waals surface area contributed by atoms with Crippen molar-refractivity contribution in [3.8, 4) is 5.75 Å². The van der Waals surface area contributed by atoms with Gasteiger partial charge in [-0.1, -0.05) is 32.9 Å². The molecular formula is C13H20O2. The Morgan fingerprint density at radius 2 is 2.00 bits per heavy atom. The number of benzene rings is 1. The van der Waals surface area contributed by atoms with E-state index in [0.717, 1.165) is 11.3 Å². The molecule has 0 unspecified atom stereocenters. The molecule has 1 aromatic carbocycles. The Bertz CT molecular complexity index is 292. The predicted molar refractivity (Wildman–Crippen MR) is 63.3 cm³/mol. The first kappa shape index (κ1) is 13.7.